The molecule has 4 heteroatoms. The zero-order chi connectivity index (χ0) is 8.10. The molecule has 0 aliphatic heterocycles. The van der Waals surface area contributed by atoms with Crippen LogP contribution < -0.4 is 5.32 Å². The van der Waals surface area contributed by atoms with Gasteiger partial charge in [-0.15, -0.1) is 0 Å². The second-order valence-electron chi connectivity index (χ2n) is 2.15. The van der Waals surface area contributed by atoms with Gasteiger partial charge in [0.15, 0.2) is 0 Å². The van der Waals surface area contributed by atoms with E-state index in [-0.39, 0.29) is 0 Å². The van der Waals surface area contributed by atoms with E-state index in [1.54, 1.807) is 6.20 Å². The Morgan fingerprint density at radius 3 is 3.09 bits per heavy atom. The topological polar surface area (TPSA) is 37.8 Å². The highest BCUT2D eigenvalue weighted by atomic mass is 79.9. The van der Waals surface area contributed by atoms with Crippen LogP contribution in [0.15, 0.2) is 17.0 Å². The third kappa shape index (κ3) is 2.46. The second kappa shape index (κ2) is 4.28. The van der Waals surface area contributed by atoms with Gasteiger partial charge < -0.3 is 5.32 Å². The molecular weight excluding hydrogens is 206 g/mol. The van der Waals surface area contributed by atoms with Crippen molar-refractivity contribution in [1.82, 2.24) is 9.97 Å². The van der Waals surface area contributed by atoms with Crippen LogP contribution in [0.2, 0.25) is 0 Å². The molecule has 0 amide bonds. The molecule has 0 bridgehead atoms. The second-order valence-corrected chi connectivity index (χ2v) is 3.00. The number of hydrogen-bond donors (Lipinski definition) is 1. The van der Waals surface area contributed by atoms with Crippen molar-refractivity contribution in [3.8, 4) is 0 Å². The van der Waals surface area contributed by atoms with Crippen molar-refractivity contribution in [2.45, 2.75) is 13.3 Å². The summed E-state index contributed by atoms with van der Waals surface area (Å²) in [6.07, 6.45) is 4.35. The molecule has 0 aromatic carbocycles. The molecule has 11 heavy (non-hydrogen) atoms. The molecule has 1 aromatic heterocycles. The molecular formula is C7H10BrN3. The first-order valence-electron chi connectivity index (χ1n) is 3.54. The van der Waals surface area contributed by atoms with E-state index in [2.05, 4.69) is 38.1 Å². The highest BCUT2D eigenvalue weighted by Gasteiger charge is 1.96. The number of hydrogen-bond acceptors (Lipinski definition) is 3. The third-order valence-corrected chi connectivity index (χ3v) is 1.79. The summed E-state index contributed by atoms with van der Waals surface area (Å²) < 4.78 is 0.911. The van der Waals surface area contributed by atoms with Crippen LogP contribution in [0.3, 0.4) is 0 Å². The summed E-state index contributed by atoms with van der Waals surface area (Å²) in [5.41, 5.74) is 0. The summed E-state index contributed by atoms with van der Waals surface area (Å²) >= 11 is 3.34. The smallest absolute Gasteiger partial charge is 0.143 e. The molecule has 0 radical (unpaired) electrons. The van der Waals surface area contributed by atoms with Crippen LogP contribution in [0.1, 0.15) is 13.3 Å². The van der Waals surface area contributed by atoms with Gasteiger partial charge in [0.25, 0.3) is 0 Å². The van der Waals surface area contributed by atoms with E-state index >= 15 is 0 Å². The van der Waals surface area contributed by atoms with Crippen LogP contribution in [-0.4, -0.2) is 16.5 Å². The van der Waals surface area contributed by atoms with Gasteiger partial charge in [-0.1, -0.05) is 6.92 Å². The van der Waals surface area contributed by atoms with Crippen LogP contribution >= 0.6 is 15.9 Å². The fourth-order valence-corrected chi connectivity index (χ4v) is 1.05. The van der Waals surface area contributed by atoms with Gasteiger partial charge in [0.1, 0.15) is 12.1 Å². The summed E-state index contributed by atoms with van der Waals surface area (Å²) in [4.78, 5) is 7.90. The van der Waals surface area contributed by atoms with Crippen molar-refractivity contribution < 1.29 is 0 Å². The van der Waals surface area contributed by atoms with Crippen LogP contribution in [0.25, 0.3) is 0 Å². The lowest BCUT2D eigenvalue weighted by atomic mass is 10.4. The van der Waals surface area contributed by atoms with Gasteiger partial charge in [-0.05, 0) is 22.4 Å². The minimum Gasteiger partial charge on any atom is -0.369 e. The van der Waals surface area contributed by atoms with Gasteiger partial charge in [0, 0.05) is 12.7 Å². The van der Waals surface area contributed by atoms with Crippen molar-refractivity contribution in [1.29, 1.82) is 0 Å². The molecule has 0 aliphatic carbocycles. The molecule has 60 valence electrons. The average Bonchev–Trinajstić information content (AvgIpc) is 2.03. The van der Waals surface area contributed by atoms with Gasteiger partial charge in [-0.2, -0.15) is 0 Å². The van der Waals surface area contributed by atoms with E-state index in [1.165, 1.54) is 6.33 Å². The Bertz CT molecular complexity index is 227. The van der Waals surface area contributed by atoms with E-state index < -0.39 is 0 Å². The number of nitrogens with one attached hydrogen (secondary N) is 1. The molecule has 0 spiro atoms. The summed E-state index contributed by atoms with van der Waals surface area (Å²) in [7, 11) is 0. The Kier molecular flexibility index (Phi) is 3.29. The van der Waals surface area contributed by atoms with Gasteiger partial charge in [0.05, 0.1) is 4.47 Å². The van der Waals surface area contributed by atoms with Crippen molar-refractivity contribution in [2.24, 2.45) is 0 Å². The molecule has 0 saturated carbocycles. The lowest BCUT2D eigenvalue weighted by molar-refractivity contribution is 0.962. The SMILES string of the molecule is CCCNc1ncncc1Br. The van der Waals surface area contributed by atoms with Crippen molar-refractivity contribution in [2.75, 3.05) is 11.9 Å². The molecule has 1 heterocycles. The van der Waals surface area contributed by atoms with Crippen LogP contribution in [0.5, 0.6) is 0 Å². The Morgan fingerprint density at radius 1 is 1.64 bits per heavy atom. The zero-order valence-corrected chi connectivity index (χ0v) is 7.93. The first kappa shape index (κ1) is 8.46. The number of aromatic nitrogens is 2. The predicted octanol–water partition coefficient (Wildman–Crippen LogP) is 2.06. The van der Waals surface area contributed by atoms with Crippen molar-refractivity contribution >= 4 is 21.7 Å². The first-order valence-corrected chi connectivity index (χ1v) is 4.33. The lowest BCUT2D eigenvalue weighted by Crippen LogP contribution is -2.02. The summed E-state index contributed by atoms with van der Waals surface area (Å²) in [5, 5.41) is 3.16. The fourth-order valence-electron chi connectivity index (χ4n) is 0.686. The lowest BCUT2D eigenvalue weighted by Gasteiger charge is -2.03. The third-order valence-electron chi connectivity index (χ3n) is 1.21. The van der Waals surface area contributed by atoms with Gasteiger partial charge in [0.2, 0.25) is 0 Å². The van der Waals surface area contributed by atoms with Gasteiger partial charge in [-0.25, -0.2) is 9.97 Å². The summed E-state index contributed by atoms with van der Waals surface area (Å²) in [5.74, 6) is 0.863. The highest BCUT2D eigenvalue weighted by molar-refractivity contribution is 9.10. The molecule has 3 nitrogen and oxygen atoms in total. The summed E-state index contributed by atoms with van der Waals surface area (Å²) in [6, 6.07) is 0. The first-order chi connectivity index (χ1) is 5.34. The van der Waals surface area contributed by atoms with E-state index in [1.807, 2.05) is 0 Å². The monoisotopic (exact) mass is 215 g/mol. The van der Waals surface area contributed by atoms with Crippen molar-refractivity contribution in [3.05, 3.63) is 17.0 Å². The quantitative estimate of drug-likeness (QED) is 0.840. The minimum absolute atomic E-state index is 0.863. The molecule has 0 fully saturated rings. The highest BCUT2D eigenvalue weighted by Crippen LogP contribution is 2.16. The largest absolute Gasteiger partial charge is 0.369 e. The molecule has 1 aromatic rings. The van der Waals surface area contributed by atoms with Crippen molar-refractivity contribution in [3.63, 3.8) is 0 Å². The van der Waals surface area contributed by atoms with E-state index in [0.29, 0.717) is 0 Å². The maximum atomic E-state index is 4.05. The molecule has 0 atom stereocenters. The van der Waals surface area contributed by atoms with E-state index in [4.69, 9.17) is 0 Å². The molecule has 0 aliphatic rings. The maximum absolute atomic E-state index is 4.05. The Labute approximate surface area is 74.4 Å². The number of halogens is 1. The zero-order valence-electron chi connectivity index (χ0n) is 6.34. The Balaban J connectivity index is 2.62. The molecule has 0 unspecified atom stereocenters. The normalized spacial score (nSPS) is 9.64. The standard InChI is InChI=1S/C7H10BrN3/c1-2-3-10-7-6(8)4-9-5-11-7/h4-5H,2-3H2,1H3,(H,9,10,11). The van der Waals surface area contributed by atoms with Gasteiger partial charge >= 0.3 is 0 Å². The predicted molar refractivity (Wildman–Crippen MR) is 48.5 cm³/mol. The molecule has 0 saturated heterocycles. The van der Waals surface area contributed by atoms with Crippen LogP contribution in [-0.2, 0) is 0 Å². The fraction of sp³-hybridized carbons (Fsp3) is 0.429. The minimum atomic E-state index is 0.863. The molecule has 1 N–H and O–H groups in total. The van der Waals surface area contributed by atoms with Gasteiger partial charge in [-0.3, -0.25) is 0 Å². The van der Waals surface area contributed by atoms with E-state index in [9.17, 15) is 0 Å². The molecule has 1 rings (SSSR count). The van der Waals surface area contributed by atoms with Crippen LogP contribution in [0, 0.1) is 0 Å². The number of nitrogens with zero attached hydrogens (tertiary/aromatic N) is 2. The maximum Gasteiger partial charge on any atom is 0.143 e. The number of anilines is 1. The van der Waals surface area contributed by atoms with E-state index in [0.717, 1.165) is 23.3 Å². The Morgan fingerprint density at radius 2 is 2.45 bits per heavy atom. The average molecular weight is 216 g/mol. The number of rotatable bonds is 3. The Hall–Kier alpha value is -0.640. The van der Waals surface area contributed by atoms with Crippen LogP contribution in [0.4, 0.5) is 5.82 Å². The summed E-state index contributed by atoms with van der Waals surface area (Å²) in [6.45, 7) is 3.05.